The quantitative estimate of drug-likeness (QED) is 0.539. The first-order valence-electron chi connectivity index (χ1n) is 9.31. The summed E-state index contributed by atoms with van der Waals surface area (Å²) in [5.41, 5.74) is 1.46. The first-order chi connectivity index (χ1) is 13.5. The summed E-state index contributed by atoms with van der Waals surface area (Å²) in [5.74, 6) is 2.68. The van der Waals surface area contributed by atoms with Crippen LogP contribution in [0.3, 0.4) is 0 Å². The molecule has 1 aliphatic rings. The van der Waals surface area contributed by atoms with Gasteiger partial charge in [0.2, 0.25) is 0 Å². The van der Waals surface area contributed by atoms with E-state index in [1.54, 1.807) is 11.0 Å². The van der Waals surface area contributed by atoms with Gasteiger partial charge in [-0.05, 0) is 69.2 Å². The lowest BCUT2D eigenvalue weighted by Crippen LogP contribution is -2.32. The molecule has 1 aromatic carbocycles. The lowest BCUT2D eigenvalue weighted by atomic mass is 10.1. The zero-order chi connectivity index (χ0) is 20.1. The summed E-state index contributed by atoms with van der Waals surface area (Å²) >= 11 is 5.33. The van der Waals surface area contributed by atoms with Crippen LogP contribution in [0.15, 0.2) is 40.4 Å². The van der Waals surface area contributed by atoms with Crippen LogP contribution in [0.25, 0.3) is 6.08 Å². The van der Waals surface area contributed by atoms with E-state index in [0.29, 0.717) is 48.5 Å². The van der Waals surface area contributed by atoms with Crippen molar-refractivity contribution in [3.63, 3.8) is 0 Å². The van der Waals surface area contributed by atoms with E-state index in [1.807, 2.05) is 51.1 Å². The van der Waals surface area contributed by atoms with Crippen LogP contribution in [0.2, 0.25) is 0 Å². The molecule has 1 amide bonds. The SMILES string of the molecule is CCOc1ccc(CCN2C(=O)C(=Cc3ccc(C)o3)NC2=S)cc1OCC. The average molecular weight is 401 g/mol. The van der Waals surface area contributed by atoms with Crippen molar-refractivity contribution in [2.45, 2.75) is 27.2 Å². The minimum atomic E-state index is -0.157. The smallest absolute Gasteiger partial charge is 0.276 e. The molecule has 0 atom stereocenters. The van der Waals surface area contributed by atoms with Gasteiger partial charge in [0, 0.05) is 12.6 Å². The van der Waals surface area contributed by atoms with Crippen molar-refractivity contribution in [2.24, 2.45) is 0 Å². The van der Waals surface area contributed by atoms with Gasteiger partial charge in [-0.1, -0.05) is 6.07 Å². The molecule has 6 nitrogen and oxygen atoms in total. The summed E-state index contributed by atoms with van der Waals surface area (Å²) in [6, 6.07) is 9.50. The average Bonchev–Trinajstić information content (AvgIpc) is 3.19. The van der Waals surface area contributed by atoms with Gasteiger partial charge in [-0.2, -0.15) is 0 Å². The van der Waals surface area contributed by atoms with Crippen molar-refractivity contribution < 1.29 is 18.7 Å². The fourth-order valence-electron chi connectivity index (χ4n) is 2.94. The van der Waals surface area contributed by atoms with E-state index in [4.69, 9.17) is 26.1 Å². The third-order valence-corrected chi connectivity index (χ3v) is 4.56. The van der Waals surface area contributed by atoms with Crippen LogP contribution in [-0.4, -0.2) is 35.7 Å². The monoisotopic (exact) mass is 400 g/mol. The van der Waals surface area contributed by atoms with Gasteiger partial charge in [-0.25, -0.2) is 0 Å². The summed E-state index contributed by atoms with van der Waals surface area (Å²) in [7, 11) is 0. The van der Waals surface area contributed by atoms with Crippen LogP contribution in [0.4, 0.5) is 0 Å². The number of hydrogen-bond acceptors (Lipinski definition) is 5. The Balaban J connectivity index is 1.68. The van der Waals surface area contributed by atoms with Crippen molar-refractivity contribution in [3.8, 4) is 11.5 Å². The van der Waals surface area contributed by atoms with Gasteiger partial charge in [-0.3, -0.25) is 9.69 Å². The largest absolute Gasteiger partial charge is 0.490 e. The summed E-state index contributed by atoms with van der Waals surface area (Å²) in [4.78, 5) is 14.2. The molecule has 148 valence electrons. The molecule has 1 aliphatic heterocycles. The number of nitrogens with zero attached hydrogens (tertiary/aromatic N) is 1. The number of carbonyl (C=O) groups is 1. The molecule has 1 saturated heterocycles. The first kappa shape index (κ1) is 19.9. The number of amides is 1. The maximum absolute atomic E-state index is 12.7. The molecule has 0 spiro atoms. The summed E-state index contributed by atoms with van der Waals surface area (Å²) in [5, 5.41) is 3.37. The van der Waals surface area contributed by atoms with E-state index in [1.165, 1.54) is 0 Å². The number of rotatable bonds is 8. The molecule has 0 unspecified atom stereocenters. The maximum Gasteiger partial charge on any atom is 0.276 e. The molecule has 1 fully saturated rings. The van der Waals surface area contributed by atoms with E-state index in [9.17, 15) is 4.79 Å². The molecular weight excluding hydrogens is 376 g/mol. The van der Waals surface area contributed by atoms with Crippen LogP contribution in [0, 0.1) is 6.92 Å². The minimum Gasteiger partial charge on any atom is -0.490 e. The second-order valence-electron chi connectivity index (χ2n) is 6.29. The molecule has 2 aromatic rings. The molecule has 28 heavy (non-hydrogen) atoms. The van der Waals surface area contributed by atoms with Gasteiger partial charge in [-0.15, -0.1) is 0 Å². The fraction of sp³-hybridized carbons (Fsp3) is 0.333. The van der Waals surface area contributed by atoms with Crippen LogP contribution in [0.1, 0.15) is 30.9 Å². The Morgan fingerprint density at radius 1 is 1.14 bits per heavy atom. The fourth-order valence-corrected chi connectivity index (χ4v) is 3.22. The maximum atomic E-state index is 12.7. The summed E-state index contributed by atoms with van der Waals surface area (Å²) in [6.07, 6.45) is 2.32. The number of nitrogens with one attached hydrogen (secondary N) is 1. The zero-order valence-corrected chi connectivity index (χ0v) is 17.1. The van der Waals surface area contributed by atoms with Crippen molar-refractivity contribution in [2.75, 3.05) is 19.8 Å². The number of benzene rings is 1. The van der Waals surface area contributed by atoms with Gasteiger partial charge >= 0.3 is 0 Å². The molecule has 3 rings (SSSR count). The van der Waals surface area contributed by atoms with Crippen molar-refractivity contribution in [1.82, 2.24) is 10.2 Å². The molecule has 0 bridgehead atoms. The third-order valence-electron chi connectivity index (χ3n) is 4.24. The molecule has 2 heterocycles. The summed E-state index contributed by atoms with van der Waals surface area (Å²) in [6.45, 7) is 7.33. The first-order valence-corrected chi connectivity index (χ1v) is 9.72. The number of carbonyl (C=O) groups excluding carboxylic acids is 1. The number of hydrogen-bond donors (Lipinski definition) is 1. The third kappa shape index (κ3) is 4.54. The number of aryl methyl sites for hydroxylation is 1. The Bertz CT molecular complexity index is 904. The highest BCUT2D eigenvalue weighted by Gasteiger charge is 2.30. The molecule has 0 saturated carbocycles. The van der Waals surface area contributed by atoms with Gasteiger partial charge in [0.05, 0.1) is 13.2 Å². The zero-order valence-electron chi connectivity index (χ0n) is 16.3. The predicted molar refractivity (Wildman–Crippen MR) is 111 cm³/mol. The molecule has 0 aliphatic carbocycles. The molecule has 7 heteroatoms. The Labute approximate surface area is 170 Å². The van der Waals surface area contributed by atoms with Crippen molar-refractivity contribution in [3.05, 3.63) is 53.1 Å². The second-order valence-corrected chi connectivity index (χ2v) is 6.68. The van der Waals surface area contributed by atoms with Gasteiger partial charge in [0.15, 0.2) is 16.6 Å². The van der Waals surface area contributed by atoms with Crippen LogP contribution in [-0.2, 0) is 11.2 Å². The Kier molecular flexibility index (Phi) is 6.36. The van der Waals surface area contributed by atoms with E-state index in [2.05, 4.69) is 5.32 Å². The molecule has 1 aromatic heterocycles. The Morgan fingerprint density at radius 3 is 2.57 bits per heavy atom. The van der Waals surface area contributed by atoms with Crippen molar-refractivity contribution in [1.29, 1.82) is 0 Å². The molecule has 0 radical (unpaired) electrons. The van der Waals surface area contributed by atoms with E-state index in [0.717, 1.165) is 17.1 Å². The lowest BCUT2D eigenvalue weighted by molar-refractivity contribution is -0.122. The highest BCUT2D eigenvalue weighted by atomic mass is 32.1. The number of furan rings is 1. The van der Waals surface area contributed by atoms with E-state index in [-0.39, 0.29) is 5.91 Å². The Hall–Kier alpha value is -2.80. The van der Waals surface area contributed by atoms with Crippen LogP contribution < -0.4 is 14.8 Å². The second kappa shape index (κ2) is 8.93. The Morgan fingerprint density at radius 2 is 1.89 bits per heavy atom. The molecular formula is C21H24N2O4S. The standard InChI is InChI=1S/C21H24N2O4S/c1-4-25-18-9-7-15(12-19(18)26-5-2)10-11-23-20(24)17(22-21(23)28)13-16-8-6-14(3)27-16/h6-9,12-13H,4-5,10-11H2,1-3H3,(H,22,28). The van der Waals surface area contributed by atoms with E-state index < -0.39 is 0 Å². The highest BCUT2D eigenvalue weighted by Crippen LogP contribution is 2.29. The topological polar surface area (TPSA) is 63.9 Å². The number of thiocarbonyl (C=S) groups is 1. The van der Waals surface area contributed by atoms with Crippen molar-refractivity contribution >= 4 is 29.3 Å². The van der Waals surface area contributed by atoms with Crippen LogP contribution >= 0.6 is 12.2 Å². The minimum absolute atomic E-state index is 0.157. The normalized spacial score (nSPS) is 15.2. The van der Waals surface area contributed by atoms with Gasteiger partial charge < -0.3 is 19.2 Å². The lowest BCUT2D eigenvalue weighted by Gasteiger charge is -2.15. The van der Waals surface area contributed by atoms with Crippen LogP contribution in [0.5, 0.6) is 11.5 Å². The van der Waals surface area contributed by atoms with Gasteiger partial charge in [0.1, 0.15) is 17.2 Å². The molecule has 1 N–H and O–H groups in total. The number of ether oxygens (including phenoxy) is 2. The van der Waals surface area contributed by atoms with Gasteiger partial charge in [0.25, 0.3) is 5.91 Å². The predicted octanol–water partition coefficient (Wildman–Crippen LogP) is 3.69. The highest BCUT2D eigenvalue weighted by molar-refractivity contribution is 7.80. The van der Waals surface area contributed by atoms with E-state index >= 15 is 0 Å². The summed E-state index contributed by atoms with van der Waals surface area (Å²) < 4.78 is 16.8.